The van der Waals surface area contributed by atoms with Crippen LogP contribution in [0, 0.1) is 0 Å². The minimum absolute atomic E-state index is 0.0472. The SMILES string of the molecule is CC(C)Oc1ccccc1C(=O)NC(=S)NNC(=O)COc1ccc(C(C)C)cc1. The molecule has 0 atom stereocenters. The molecule has 3 N–H and O–H groups in total. The summed E-state index contributed by atoms with van der Waals surface area (Å²) >= 11 is 5.06. The third kappa shape index (κ3) is 7.36. The summed E-state index contributed by atoms with van der Waals surface area (Å²) in [6, 6.07) is 14.4. The van der Waals surface area contributed by atoms with E-state index in [4.69, 9.17) is 21.7 Å². The number of thiocarbonyl (C=S) groups is 1. The molecular weight excluding hydrogens is 402 g/mol. The second kappa shape index (κ2) is 11.2. The first-order valence-electron chi connectivity index (χ1n) is 9.65. The van der Waals surface area contributed by atoms with Crippen molar-refractivity contribution in [2.75, 3.05) is 6.61 Å². The van der Waals surface area contributed by atoms with Gasteiger partial charge in [-0.3, -0.25) is 25.8 Å². The van der Waals surface area contributed by atoms with E-state index in [1.807, 2.05) is 38.1 Å². The van der Waals surface area contributed by atoms with E-state index >= 15 is 0 Å². The number of carbonyl (C=O) groups excluding carboxylic acids is 2. The van der Waals surface area contributed by atoms with E-state index in [0.717, 1.165) is 0 Å². The van der Waals surface area contributed by atoms with Crippen LogP contribution in [0.5, 0.6) is 11.5 Å². The predicted octanol–water partition coefficient (Wildman–Crippen LogP) is 3.31. The molecule has 0 aliphatic heterocycles. The van der Waals surface area contributed by atoms with Crippen molar-refractivity contribution in [1.29, 1.82) is 0 Å². The number of benzene rings is 2. The van der Waals surface area contributed by atoms with Gasteiger partial charge in [0.25, 0.3) is 11.8 Å². The van der Waals surface area contributed by atoms with Gasteiger partial charge in [0.2, 0.25) is 0 Å². The van der Waals surface area contributed by atoms with Crippen molar-refractivity contribution in [3.8, 4) is 11.5 Å². The number of para-hydroxylation sites is 1. The molecule has 0 bridgehead atoms. The highest BCUT2D eigenvalue weighted by Crippen LogP contribution is 2.19. The molecular formula is C22H27N3O4S. The van der Waals surface area contributed by atoms with Gasteiger partial charge in [0.1, 0.15) is 11.5 Å². The van der Waals surface area contributed by atoms with Crippen molar-refractivity contribution in [3.63, 3.8) is 0 Å². The van der Waals surface area contributed by atoms with Crippen LogP contribution in [0.4, 0.5) is 0 Å². The molecule has 30 heavy (non-hydrogen) atoms. The molecule has 8 heteroatoms. The van der Waals surface area contributed by atoms with Crippen LogP contribution in [0.2, 0.25) is 0 Å². The molecule has 0 fully saturated rings. The summed E-state index contributed by atoms with van der Waals surface area (Å²) in [5.41, 5.74) is 6.40. The van der Waals surface area contributed by atoms with Gasteiger partial charge >= 0.3 is 0 Å². The van der Waals surface area contributed by atoms with Gasteiger partial charge in [-0.15, -0.1) is 0 Å². The van der Waals surface area contributed by atoms with Gasteiger partial charge in [0.05, 0.1) is 11.7 Å². The number of ether oxygens (including phenoxy) is 2. The van der Waals surface area contributed by atoms with Crippen LogP contribution in [0.15, 0.2) is 48.5 Å². The molecule has 0 spiro atoms. The lowest BCUT2D eigenvalue weighted by molar-refractivity contribution is -0.123. The minimum atomic E-state index is -0.445. The molecule has 0 saturated carbocycles. The zero-order chi connectivity index (χ0) is 22.1. The van der Waals surface area contributed by atoms with E-state index in [0.29, 0.717) is 23.0 Å². The maximum absolute atomic E-state index is 12.4. The minimum Gasteiger partial charge on any atom is -0.490 e. The van der Waals surface area contributed by atoms with Gasteiger partial charge in [-0.2, -0.15) is 0 Å². The molecule has 0 unspecified atom stereocenters. The lowest BCUT2D eigenvalue weighted by Crippen LogP contribution is -2.49. The Morgan fingerprint density at radius 2 is 1.63 bits per heavy atom. The Morgan fingerprint density at radius 3 is 2.27 bits per heavy atom. The van der Waals surface area contributed by atoms with Crippen molar-refractivity contribution >= 4 is 29.1 Å². The summed E-state index contributed by atoms with van der Waals surface area (Å²) in [6.45, 7) is 7.75. The molecule has 2 amide bonds. The fourth-order valence-electron chi connectivity index (χ4n) is 2.47. The largest absolute Gasteiger partial charge is 0.490 e. The summed E-state index contributed by atoms with van der Waals surface area (Å²) in [5.74, 6) is 0.579. The molecule has 0 saturated heterocycles. The Balaban J connectivity index is 1.78. The van der Waals surface area contributed by atoms with Crippen LogP contribution in [-0.2, 0) is 4.79 Å². The van der Waals surface area contributed by atoms with Crippen molar-refractivity contribution in [2.45, 2.75) is 39.7 Å². The highest BCUT2D eigenvalue weighted by atomic mass is 32.1. The maximum Gasteiger partial charge on any atom is 0.276 e. The fourth-order valence-corrected chi connectivity index (χ4v) is 2.62. The van der Waals surface area contributed by atoms with E-state index in [1.54, 1.807) is 24.3 Å². The molecule has 0 radical (unpaired) electrons. The number of rotatable bonds is 7. The van der Waals surface area contributed by atoms with Crippen LogP contribution in [0.1, 0.15) is 49.5 Å². The normalized spacial score (nSPS) is 10.5. The first kappa shape index (κ1) is 23.2. The molecule has 0 aromatic heterocycles. The Morgan fingerprint density at radius 1 is 0.967 bits per heavy atom. The number of amides is 2. The van der Waals surface area contributed by atoms with Crippen molar-refractivity contribution in [1.82, 2.24) is 16.2 Å². The first-order valence-corrected chi connectivity index (χ1v) is 10.1. The van der Waals surface area contributed by atoms with Crippen LogP contribution in [0.3, 0.4) is 0 Å². The van der Waals surface area contributed by atoms with Crippen molar-refractivity contribution in [2.24, 2.45) is 0 Å². The predicted molar refractivity (Wildman–Crippen MR) is 120 cm³/mol. The lowest BCUT2D eigenvalue weighted by Gasteiger charge is -2.15. The van der Waals surface area contributed by atoms with E-state index in [9.17, 15) is 9.59 Å². The van der Waals surface area contributed by atoms with Gasteiger partial charge in [-0.05, 0) is 61.8 Å². The average molecular weight is 430 g/mol. The van der Waals surface area contributed by atoms with Crippen LogP contribution in [-0.4, -0.2) is 29.6 Å². The van der Waals surface area contributed by atoms with Crippen LogP contribution in [0.25, 0.3) is 0 Å². The molecule has 0 aliphatic rings. The Hall–Kier alpha value is -3.13. The number of nitrogens with one attached hydrogen (secondary N) is 3. The van der Waals surface area contributed by atoms with Crippen LogP contribution >= 0.6 is 12.2 Å². The monoisotopic (exact) mass is 429 g/mol. The van der Waals surface area contributed by atoms with E-state index in [1.165, 1.54) is 5.56 Å². The number of hydrogen-bond acceptors (Lipinski definition) is 5. The van der Waals surface area contributed by atoms with Crippen LogP contribution < -0.4 is 25.6 Å². The molecule has 2 aromatic carbocycles. The third-order valence-electron chi connectivity index (χ3n) is 3.95. The van der Waals surface area contributed by atoms with E-state index in [2.05, 4.69) is 30.0 Å². The summed E-state index contributed by atoms with van der Waals surface area (Å²) < 4.78 is 11.1. The molecule has 2 aromatic rings. The smallest absolute Gasteiger partial charge is 0.276 e. The maximum atomic E-state index is 12.4. The van der Waals surface area contributed by atoms with E-state index < -0.39 is 11.8 Å². The first-order chi connectivity index (χ1) is 14.3. The Labute approximate surface area is 182 Å². The van der Waals surface area contributed by atoms with Gasteiger partial charge in [-0.25, -0.2) is 0 Å². The quantitative estimate of drug-likeness (QED) is 0.462. The number of hydrazine groups is 1. The summed E-state index contributed by atoms with van der Waals surface area (Å²) in [7, 11) is 0. The summed E-state index contributed by atoms with van der Waals surface area (Å²) in [6.07, 6.45) is -0.0788. The third-order valence-corrected chi connectivity index (χ3v) is 4.16. The van der Waals surface area contributed by atoms with Gasteiger partial charge in [0.15, 0.2) is 11.7 Å². The van der Waals surface area contributed by atoms with Crippen molar-refractivity contribution < 1.29 is 19.1 Å². The fraction of sp³-hybridized carbons (Fsp3) is 0.318. The second-order valence-corrected chi connectivity index (χ2v) is 7.54. The van der Waals surface area contributed by atoms with Gasteiger partial charge in [0, 0.05) is 0 Å². The topological polar surface area (TPSA) is 88.7 Å². The number of carbonyl (C=O) groups is 2. The molecule has 2 rings (SSSR count). The zero-order valence-corrected chi connectivity index (χ0v) is 18.3. The number of hydrogen-bond donors (Lipinski definition) is 3. The summed E-state index contributed by atoms with van der Waals surface area (Å²) in [4.78, 5) is 24.4. The lowest BCUT2D eigenvalue weighted by atomic mass is 10.0. The molecule has 160 valence electrons. The molecule has 0 aliphatic carbocycles. The van der Waals surface area contributed by atoms with E-state index in [-0.39, 0.29) is 17.8 Å². The van der Waals surface area contributed by atoms with Crippen molar-refractivity contribution in [3.05, 3.63) is 59.7 Å². The van der Waals surface area contributed by atoms with Gasteiger partial charge < -0.3 is 9.47 Å². The molecule has 0 heterocycles. The Bertz CT molecular complexity index is 882. The highest BCUT2D eigenvalue weighted by molar-refractivity contribution is 7.80. The van der Waals surface area contributed by atoms with Gasteiger partial charge in [-0.1, -0.05) is 38.1 Å². The zero-order valence-electron chi connectivity index (χ0n) is 17.5. The molecule has 7 nitrogen and oxygen atoms in total. The highest BCUT2D eigenvalue weighted by Gasteiger charge is 2.14. The second-order valence-electron chi connectivity index (χ2n) is 7.13. The average Bonchev–Trinajstić information content (AvgIpc) is 2.71. The standard InChI is InChI=1S/C22H27N3O4S/c1-14(2)16-9-11-17(12-10-16)28-13-20(26)24-25-22(30)23-21(27)18-7-5-6-8-19(18)29-15(3)4/h5-12,14-15H,13H2,1-4H3,(H,24,26)(H2,23,25,27,30). The summed E-state index contributed by atoms with van der Waals surface area (Å²) in [5, 5.41) is 2.45. The Kier molecular flexibility index (Phi) is 8.61.